The highest BCUT2D eigenvalue weighted by Crippen LogP contribution is 2.37. The summed E-state index contributed by atoms with van der Waals surface area (Å²) < 4.78 is 21.6. The summed E-state index contributed by atoms with van der Waals surface area (Å²) in [6, 6.07) is 15.3. The number of aliphatic hydroxyl groups excluding tert-OH is 2. The van der Waals surface area contributed by atoms with Crippen molar-refractivity contribution in [1.82, 2.24) is 0 Å². The Balaban J connectivity index is 1.62. The first kappa shape index (κ1) is 18.6. The topological polar surface area (TPSA) is 49.7 Å². The van der Waals surface area contributed by atoms with Gasteiger partial charge in [-0.1, -0.05) is 31.2 Å². The van der Waals surface area contributed by atoms with E-state index in [4.69, 9.17) is 4.74 Å². The molecule has 0 radical (unpaired) electrons. The summed E-state index contributed by atoms with van der Waals surface area (Å²) in [4.78, 5) is 1.11. The second-order valence-corrected chi connectivity index (χ2v) is 8.47. The fourth-order valence-electron chi connectivity index (χ4n) is 3.79. The van der Waals surface area contributed by atoms with E-state index in [1.165, 1.54) is 16.2 Å². The third kappa shape index (κ3) is 3.78. The number of aliphatic hydroxyl groups is 2. The van der Waals surface area contributed by atoms with Gasteiger partial charge in [0, 0.05) is 28.3 Å². The number of thiophene rings is 1. The van der Waals surface area contributed by atoms with Gasteiger partial charge in [-0.05, 0) is 40.8 Å². The Morgan fingerprint density at radius 2 is 2.00 bits per heavy atom. The van der Waals surface area contributed by atoms with E-state index < -0.39 is 12.2 Å². The van der Waals surface area contributed by atoms with Crippen LogP contribution >= 0.6 is 11.3 Å². The third-order valence-corrected chi connectivity index (χ3v) is 6.49. The average molecular weight is 386 g/mol. The Hall–Kier alpha value is -1.79. The smallest absolute Gasteiger partial charge is 0.126 e. The number of halogens is 1. The Labute approximate surface area is 162 Å². The fraction of sp³-hybridized carbons (Fsp3) is 0.364. The highest BCUT2D eigenvalue weighted by atomic mass is 32.1. The van der Waals surface area contributed by atoms with Crippen molar-refractivity contribution in [3.05, 3.63) is 70.4 Å². The molecule has 1 aliphatic rings. The molecule has 1 saturated heterocycles. The van der Waals surface area contributed by atoms with E-state index in [1.807, 2.05) is 25.1 Å². The quantitative estimate of drug-likeness (QED) is 0.696. The van der Waals surface area contributed by atoms with Gasteiger partial charge in [-0.2, -0.15) is 0 Å². The maximum absolute atomic E-state index is 14.5. The lowest BCUT2D eigenvalue weighted by Crippen LogP contribution is -2.39. The molecule has 4 atom stereocenters. The molecule has 2 heterocycles. The summed E-state index contributed by atoms with van der Waals surface area (Å²) >= 11 is 1.68. The van der Waals surface area contributed by atoms with E-state index in [1.54, 1.807) is 17.4 Å². The number of fused-ring (bicyclic) bond motifs is 1. The zero-order chi connectivity index (χ0) is 19.0. The molecule has 27 heavy (non-hydrogen) atoms. The van der Waals surface area contributed by atoms with Crippen LogP contribution in [0.5, 0.6) is 0 Å². The van der Waals surface area contributed by atoms with Crippen LogP contribution in [0, 0.1) is 11.7 Å². The molecule has 0 spiro atoms. The van der Waals surface area contributed by atoms with Crippen molar-refractivity contribution >= 4 is 21.4 Å². The highest BCUT2D eigenvalue weighted by molar-refractivity contribution is 7.19. The first-order chi connectivity index (χ1) is 13.0. The summed E-state index contributed by atoms with van der Waals surface area (Å²) in [7, 11) is 0. The van der Waals surface area contributed by atoms with Crippen LogP contribution in [-0.2, 0) is 11.2 Å². The molecular weight excluding hydrogens is 363 g/mol. The van der Waals surface area contributed by atoms with Crippen LogP contribution in [0.1, 0.15) is 35.5 Å². The molecule has 142 valence electrons. The van der Waals surface area contributed by atoms with E-state index in [-0.39, 0.29) is 24.4 Å². The lowest BCUT2D eigenvalue weighted by atomic mass is 9.86. The molecule has 4 unspecified atom stereocenters. The molecule has 0 aliphatic carbocycles. The van der Waals surface area contributed by atoms with Gasteiger partial charge >= 0.3 is 0 Å². The molecule has 0 saturated carbocycles. The Morgan fingerprint density at radius 1 is 1.19 bits per heavy atom. The molecule has 3 nitrogen and oxygen atoms in total. The molecule has 5 heteroatoms. The van der Waals surface area contributed by atoms with Gasteiger partial charge in [0.15, 0.2) is 0 Å². The Kier molecular flexibility index (Phi) is 5.28. The van der Waals surface area contributed by atoms with Gasteiger partial charge in [0.25, 0.3) is 0 Å². The van der Waals surface area contributed by atoms with Crippen LogP contribution in [0.15, 0.2) is 48.5 Å². The van der Waals surface area contributed by atoms with Crippen molar-refractivity contribution in [1.29, 1.82) is 0 Å². The van der Waals surface area contributed by atoms with Crippen molar-refractivity contribution in [2.75, 3.05) is 6.61 Å². The van der Waals surface area contributed by atoms with E-state index in [9.17, 15) is 14.6 Å². The third-order valence-electron chi connectivity index (χ3n) is 5.37. The number of hydrogen-bond acceptors (Lipinski definition) is 4. The van der Waals surface area contributed by atoms with Crippen LogP contribution in [0.3, 0.4) is 0 Å². The molecule has 0 amide bonds. The SMILES string of the molecule is CC1C(O)CC(CO)OC1c1ccc(F)c(Cc2cc3ccccc3s2)c1. The van der Waals surface area contributed by atoms with Crippen LogP contribution in [-0.4, -0.2) is 29.0 Å². The van der Waals surface area contributed by atoms with Gasteiger partial charge in [-0.3, -0.25) is 0 Å². The van der Waals surface area contributed by atoms with Crippen LogP contribution < -0.4 is 0 Å². The molecule has 1 aliphatic heterocycles. The first-order valence-electron chi connectivity index (χ1n) is 9.25. The van der Waals surface area contributed by atoms with E-state index in [0.717, 1.165) is 10.4 Å². The fourth-order valence-corrected chi connectivity index (χ4v) is 4.88. The van der Waals surface area contributed by atoms with Crippen molar-refractivity contribution in [2.45, 2.75) is 38.1 Å². The summed E-state index contributed by atoms with van der Waals surface area (Å²) in [6.07, 6.45) is -0.349. The molecule has 0 bridgehead atoms. The van der Waals surface area contributed by atoms with E-state index in [2.05, 4.69) is 18.2 Å². The lowest BCUT2D eigenvalue weighted by Gasteiger charge is -2.38. The lowest BCUT2D eigenvalue weighted by molar-refractivity contribution is -0.145. The first-order valence-corrected chi connectivity index (χ1v) is 10.1. The number of hydrogen-bond donors (Lipinski definition) is 2. The largest absolute Gasteiger partial charge is 0.394 e. The minimum absolute atomic E-state index is 0.115. The molecule has 1 fully saturated rings. The predicted octanol–water partition coefficient (Wildman–Crippen LogP) is 4.45. The van der Waals surface area contributed by atoms with E-state index in [0.29, 0.717) is 18.4 Å². The van der Waals surface area contributed by atoms with Gasteiger partial charge in [-0.25, -0.2) is 4.39 Å². The van der Waals surface area contributed by atoms with Crippen molar-refractivity contribution in [2.24, 2.45) is 5.92 Å². The minimum atomic E-state index is -0.544. The molecule has 3 aromatic rings. The second-order valence-electron chi connectivity index (χ2n) is 7.30. The highest BCUT2D eigenvalue weighted by Gasteiger charge is 2.35. The normalized spacial score (nSPS) is 25.8. The van der Waals surface area contributed by atoms with Crippen molar-refractivity contribution < 1.29 is 19.3 Å². The Bertz CT molecular complexity index is 905. The second kappa shape index (κ2) is 7.68. The molecule has 2 N–H and O–H groups in total. The summed E-state index contributed by atoms with van der Waals surface area (Å²) in [5.74, 6) is -0.352. The maximum Gasteiger partial charge on any atom is 0.126 e. The van der Waals surface area contributed by atoms with Crippen LogP contribution in [0.25, 0.3) is 10.1 Å². The van der Waals surface area contributed by atoms with Crippen molar-refractivity contribution in [3.63, 3.8) is 0 Å². The monoisotopic (exact) mass is 386 g/mol. The van der Waals surface area contributed by atoms with Gasteiger partial charge in [0.05, 0.1) is 24.9 Å². The standard InChI is InChI=1S/C22H23FO3S/c1-13-20(25)11-17(12-24)26-22(13)15-6-7-19(23)16(8-15)10-18-9-14-4-2-3-5-21(14)27-18/h2-9,13,17,20,22,24-25H,10-12H2,1H3. The number of ether oxygens (including phenoxy) is 1. The zero-order valence-electron chi connectivity index (χ0n) is 15.1. The molecule has 4 rings (SSSR count). The van der Waals surface area contributed by atoms with Crippen molar-refractivity contribution in [3.8, 4) is 0 Å². The van der Waals surface area contributed by atoms with Gasteiger partial charge in [0.2, 0.25) is 0 Å². The van der Waals surface area contributed by atoms with Gasteiger partial charge in [0.1, 0.15) is 5.82 Å². The average Bonchev–Trinajstić information content (AvgIpc) is 3.08. The minimum Gasteiger partial charge on any atom is -0.394 e. The molecular formula is C22H23FO3S. The van der Waals surface area contributed by atoms with Crippen LogP contribution in [0.2, 0.25) is 0 Å². The maximum atomic E-state index is 14.5. The predicted molar refractivity (Wildman–Crippen MR) is 106 cm³/mol. The molecule has 1 aromatic heterocycles. The number of rotatable bonds is 4. The van der Waals surface area contributed by atoms with Crippen LogP contribution in [0.4, 0.5) is 4.39 Å². The summed E-state index contributed by atoms with van der Waals surface area (Å²) in [5.41, 5.74) is 1.47. The van der Waals surface area contributed by atoms with Gasteiger partial charge in [-0.15, -0.1) is 11.3 Å². The zero-order valence-corrected chi connectivity index (χ0v) is 16.0. The summed E-state index contributed by atoms with van der Waals surface area (Å²) in [5, 5.41) is 20.9. The number of benzene rings is 2. The molecule has 2 aromatic carbocycles. The van der Waals surface area contributed by atoms with E-state index >= 15 is 0 Å². The Morgan fingerprint density at radius 3 is 2.78 bits per heavy atom. The summed E-state index contributed by atoms with van der Waals surface area (Å²) in [6.45, 7) is 1.80. The van der Waals surface area contributed by atoms with Gasteiger partial charge < -0.3 is 14.9 Å².